The third-order valence-electron chi connectivity index (χ3n) is 8.81. The van der Waals surface area contributed by atoms with E-state index in [0.717, 1.165) is 78.7 Å². The first-order valence-electron chi connectivity index (χ1n) is 16.1. The van der Waals surface area contributed by atoms with E-state index in [1.54, 1.807) is 0 Å². The van der Waals surface area contributed by atoms with Crippen LogP contribution in [0.25, 0.3) is 78.7 Å². The van der Waals surface area contributed by atoms with Gasteiger partial charge < -0.3 is 0 Å². The highest BCUT2D eigenvalue weighted by atomic mass is 15.1. The predicted octanol–water partition coefficient (Wildman–Crippen LogP) is 9.85. The van der Waals surface area contributed by atoms with E-state index in [2.05, 4.69) is 172 Å². The van der Waals surface area contributed by atoms with Crippen LogP contribution < -0.4 is 4.57 Å². The lowest BCUT2D eigenvalue weighted by atomic mass is 10.0. The zero-order valence-electron chi connectivity index (χ0n) is 26.0. The standard InChI is InChI=1S/C43H29N5/c1-3-18-34(19-4-1)47-40-26-9-7-22-38(40)45-42(47)32-16-11-14-30(28-32)36-24-13-25-37(44-36)31-15-12-17-33(29-31)43-46-39-23-8-10-27-41(39)48(43)35-20-5-2-6-21-35/h1-29H/p+1. The van der Waals surface area contributed by atoms with Crippen LogP contribution in [0.15, 0.2) is 176 Å². The first-order chi connectivity index (χ1) is 23.8. The highest BCUT2D eigenvalue weighted by Crippen LogP contribution is 2.32. The highest BCUT2D eigenvalue weighted by Gasteiger charge is 2.22. The Kier molecular flexibility index (Phi) is 6.72. The molecule has 6 aromatic carbocycles. The molecule has 0 unspecified atom stereocenters. The van der Waals surface area contributed by atoms with Crippen molar-refractivity contribution in [2.75, 3.05) is 0 Å². The van der Waals surface area contributed by atoms with E-state index in [1.165, 1.54) is 0 Å². The molecule has 5 nitrogen and oxygen atoms in total. The number of aromatic amines is 1. The van der Waals surface area contributed by atoms with Gasteiger partial charge in [0.2, 0.25) is 0 Å². The molecule has 0 saturated carbocycles. The van der Waals surface area contributed by atoms with Crippen molar-refractivity contribution in [2.45, 2.75) is 0 Å². The van der Waals surface area contributed by atoms with Crippen molar-refractivity contribution < 1.29 is 4.57 Å². The van der Waals surface area contributed by atoms with Crippen LogP contribution in [0.3, 0.4) is 0 Å². The third kappa shape index (κ3) is 4.86. The number of fused-ring (bicyclic) bond motifs is 2. The summed E-state index contributed by atoms with van der Waals surface area (Å²) < 4.78 is 4.52. The average Bonchev–Trinajstić information content (AvgIpc) is 3.75. The first kappa shape index (κ1) is 27.7. The zero-order valence-corrected chi connectivity index (χ0v) is 26.0. The molecule has 3 heterocycles. The summed E-state index contributed by atoms with van der Waals surface area (Å²) in [6.45, 7) is 0. The molecule has 0 radical (unpaired) electrons. The van der Waals surface area contributed by atoms with Crippen molar-refractivity contribution in [1.82, 2.24) is 19.5 Å². The van der Waals surface area contributed by atoms with Gasteiger partial charge in [-0.2, -0.15) is 4.57 Å². The van der Waals surface area contributed by atoms with E-state index in [-0.39, 0.29) is 0 Å². The molecular formula is C43H30N5+. The van der Waals surface area contributed by atoms with Crippen molar-refractivity contribution in [2.24, 2.45) is 0 Å². The minimum atomic E-state index is 0.901. The quantitative estimate of drug-likeness (QED) is 0.189. The number of rotatable bonds is 6. The third-order valence-corrected chi connectivity index (χ3v) is 8.81. The molecule has 0 spiro atoms. The van der Waals surface area contributed by atoms with Gasteiger partial charge >= 0.3 is 0 Å². The van der Waals surface area contributed by atoms with Gasteiger partial charge in [0.25, 0.3) is 5.82 Å². The van der Waals surface area contributed by atoms with Crippen molar-refractivity contribution in [1.29, 1.82) is 0 Å². The molecule has 5 heteroatoms. The molecule has 1 N–H and O–H groups in total. The average molecular weight is 617 g/mol. The summed E-state index contributed by atoms with van der Waals surface area (Å²) >= 11 is 0. The fourth-order valence-electron chi connectivity index (χ4n) is 6.58. The van der Waals surface area contributed by atoms with E-state index in [1.807, 2.05) is 18.2 Å². The zero-order chi connectivity index (χ0) is 31.9. The normalized spacial score (nSPS) is 11.3. The Morgan fingerprint density at radius 3 is 1.88 bits per heavy atom. The van der Waals surface area contributed by atoms with Gasteiger partial charge in [-0.05, 0) is 78.9 Å². The number of hydrogen-bond acceptors (Lipinski definition) is 2. The van der Waals surface area contributed by atoms with E-state index < -0.39 is 0 Å². The lowest BCUT2D eigenvalue weighted by Crippen LogP contribution is -2.31. The number of benzene rings is 6. The SMILES string of the molecule is c1ccc(-n2c(-c3cccc(-c4cccc(-c5cccc(-c6[nH]c7ccccc7[n+]6-c6ccccc6)c5)n4)c3)nc3ccccc32)cc1. The van der Waals surface area contributed by atoms with Crippen LogP contribution >= 0.6 is 0 Å². The summed E-state index contributed by atoms with van der Waals surface area (Å²) in [7, 11) is 0. The first-order valence-corrected chi connectivity index (χ1v) is 16.1. The number of H-pyrrole nitrogens is 1. The molecule has 0 fully saturated rings. The Labute approximate surface area is 278 Å². The van der Waals surface area contributed by atoms with Crippen molar-refractivity contribution in [3.63, 3.8) is 0 Å². The lowest BCUT2D eigenvalue weighted by Gasteiger charge is -2.11. The second-order valence-corrected chi connectivity index (χ2v) is 11.8. The lowest BCUT2D eigenvalue weighted by molar-refractivity contribution is -0.554. The van der Waals surface area contributed by atoms with Crippen LogP contribution in [0.5, 0.6) is 0 Å². The van der Waals surface area contributed by atoms with Crippen LogP contribution in [0.1, 0.15) is 0 Å². The summed E-state index contributed by atoms with van der Waals surface area (Å²) in [4.78, 5) is 13.9. The van der Waals surface area contributed by atoms with E-state index in [4.69, 9.17) is 9.97 Å². The number of pyridine rings is 1. The Balaban J connectivity index is 1.12. The molecule has 48 heavy (non-hydrogen) atoms. The molecule has 9 aromatic rings. The largest absolute Gasteiger partial charge is 0.292 e. The molecule has 0 aliphatic heterocycles. The monoisotopic (exact) mass is 616 g/mol. The van der Waals surface area contributed by atoms with Crippen molar-refractivity contribution >= 4 is 22.1 Å². The topological polar surface area (TPSA) is 50.4 Å². The van der Waals surface area contributed by atoms with Gasteiger partial charge in [-0.1, -0.05) is 97.1 Å². The van der Waals surface area contributed by atoms with Gasteiger partial charge in [-0.3, -0.25) is 4.57 Å². The van der Waals surface area contributed by atoms with E-state index in [9.17, 15) is 0 Å². The van der Waals surface area contributed by atoms with Crippen molar-refractivity contribution in [3.05, 3.63) is 176 Å². The maximum Gasteiger partial charge on any atom is 0.292 e. The smallest absolute Gasteiger partial charge is 0.292 e. The molecule has 0 saturated heterocycles. The second-order valence-electron chi connectivity index (χ2n) is 11.8. The molecule has 0 bridgehead atoms. The molecular weight excluding hydrogens is 587 g/mol. The van der Waals surface area contributed by atoms with Gasteiger partial charge in [0, 0.05) is 22.4 Å². The molecule has 3 aromatic heterocycles. The van der Waals surface area contributed by atoms with Crippen molar-refractivity contribution in [3.8, 4) is 56.7 Å². The van der Waals surface area contributed by atoms with Crippen LogP contribution in [0.2, 0.25) is 0 Å². The summed E-state index contributed by atoms with van der Waals surface area (Å²) in [5, 5.41) is 0. The molecule has 0 aliphatic rings. The number of nitrogens with one attached hydrogen (secondary N) is 1. The number of nitrogens with zero attached hydrogens (tertiary/aromatic N) is 4. The maximum absolute atomic E-state index is 5.19. The van der Waals surface area contributed by atoms with E-state index >= 15 is 0 Å². The maximum atomic E-state index is 5.19. The van der Waals surface area contributed by atoms with Crippen LogP contribution in [0, 0.1) is 0 Å². The molecule has 0 aliphatic carbocycles. The highest BCUT2D eigenvalue weighted by molar-refractivity contribution is 5.84. The minimum Gasteiger partial charge on any atom is -0.292 e. The molecule has 9 rings (SSSR count). The second kappa shape index (κ2) is 11.6. The van der Waals surface area contributed by atoms with Gasteiger partial charge in [-0.15, -0.1) is 0 Å². The van der Waals surface area contributed by atoms with Crippen LogP contribution in [-0.2, 0) is 0 Å². The fraction of sp³-hybridized carbons (Fsp3) is 0. The summed E-state index contributed by atoms with van der Waals surface area (Å²) in [5.74, 6) is 1.92. The Morgan fingerprint density at radius 2 is 1.08 bits per heavy atom. The van der Waals surface area contributed by atoms with Crippen LogP contribution in [-0.4, -0.2) is 19.5 Å². The van der Waals surface area contributed by atoms with Crippen LogP contribution in [0.4, 0.5) is 0 Å². The summed E-state index contributed by atoms with van der Waals surface area (Å²) in [6.07, 6.45) is 0. The van der Waals surface area contributed by atoms with Gasteiger partial charge in [0.15, 0.2) is 11.0 Å². The predicted molar refractivity (Wildman–Crippen MR) is 194 cm³/mol. The Hall–Kier alpha value is -6.59. The fourth-order valence-corrected chi connectivity index (χ4v) is 6.58. The number of para-hydroxylation sites is 6. The number of hydrogen-bond donors (Lipinski definition) is 1. The molecule has 226 valence electrons. The van der Waals surface area contributed by atoms with Gasteiger partial charge in [0.1, 0.15) is 11.5 Å². The molecule has 0 amide bonds. The Morgan fingerprint density at radius 1 is 0.479 bits per heavy atom. The molecule has 0 atom stereocenters. The number of aromatic nitrogens is 5. The van der Waals surface area contributed by atoms with Gasteiger partial charge in [-0.25, -0.2) is 15.0 Å². The van der Waals surface area contributed by atoms with E-state index in [0.29, 0.717) is 0 Å². The van der Waals surface area contributed by atoms with Gasteiger partial charge in [0.05, 0.1) is 28.0 Å². The minimum absolute atomic E-state index is 0.901. The summed E-state index contributed by atoms with van der Waals surface area (Å²) in [5.41, 5.74) is 12.5. The number of imidazole rings is 2. The summed E-state index contributed by atoms with van der Waals surface area (Å²) in [6, 6.07) is 61.0. The Bertz CT molecular complexity index is 2390.